The molecule has 7 heteroatoms. The van der Waals surface area contributed by atoms with Gasteiger partial charge in [0, 0.05) is 61.2 Å². The lowest BCUT2D eigenvalue weighted by Gasteiger charge is -2.44. The maximum atomic E-state index is 13.4. The molecule has 2 aromatic carbocycles. The molecule has 0 unspecified atom stereocenters. The van der Waals surface area contributed by atoms with Gasteiger partial charge in [0.15, 0.2) is 0 Å². The van der Waals surface area contributed by atoms with Crippen LogP contribution in [0, 0.1) is 6.92 Å². The quantitative estimate of drug-likeness (QED) is 0.370. The Balaban J connectivity index is 1.30. The number of hydrogen-bond donors (Lipinski definition) is 3. The molecule has 1 saturated heterocycles. The van der Waals surface area contributed by atoms with Gasteiger partial charge >= 0.3 is 5.97 Å². The molecule has 3 N–H and O–H groups in total. The van der Waals surface area contributed by atoms with Crippen molar-refractivity contribution in [1.29, 1.82) is 0 Å². The highest BCUT2D eigenvalue weighted by Crippen LogP contribution is 2.45. The van der Waals surface area contributed by atoms with Gasteiger partial charge in [0.2, 0.25) is 0 Å². The van der Waals surface area contributed by atoms with E-state index in [1.54, 1.807) is 12.1 Å². The average Bonchev–Trinajstić information content (AvgIpc) is 3.55. The number of benzene rings is 2. The number of nitrogens with zero attached hydrogens (tertiary/aromatic N) is 1. The molecule has 0 radical (unpaired) electrons. The van der Waals surface area contributed by atoms with Crippen LogP contribution in [-0.2, 0) is 6.54 Å². The number of aromatic nitrogens is 1. The van der Waals surface area contributed by atoms with Gasteiger partial charge < -0.3 is 15.4 Å². The minimum atomic E-state index is -2.53. The van der Waals surface area contributed by atoms with Crippen LogP contribution in [0.3, 0.4) is 0 Å². The third kappa shape index (κ3) is 4.55. The molecule has 0 amide bonds. The Kier molecular flexibility index (Phi) is 5.88. The Morgan fingerprint density at radius 1 is 1.14 bits per heavy atom. The lowest BCUT2D eigenvalue weighted by molar-refractivity contribution is -0.0965. The molecule has 2 heterocycles. The number of aromatic amines is 1. The van der Waals surface area contributed by atoms with Crippen molar-refractivity contribution >= 4 is 16.9 Å². The molecular weight excluding hydrogens is 460 g/mol. The number of nitrogens with one attached hydrogen (secondary N) is 2. The first-order valence-electron chi connectivity index (χ1n) is 13.1. The number of fused-ring (bicyclic) bond motifs is 1. The summed E-state index contributed by atoms with van der Waals surface area (Å²) >= 11 is 0. The Labute approximate surface area is 209 Å². The maximum Gasteiger partial charge on any atom is 0.335 e. The van der Waals surface area contributed by atoms with Gasteiger partial charge in [-0.2, -0.15) is 0 Å². The molecular formula is C29H33F2N3O2. The van der Waals surface area contributed by atoms with Crippen LogP contribution in [0.2, 0.25) is 0 Å². The van der Waals surface area contributed by atoms with Crippen molar-refractivity contribution in [3.05, 3.63) is 70.4 Å². The number of carboxylic acid groups (broad SMARTS) is 1. The second-order valence-corrected chi connectivity index (χ2v) is 11.1. The third-order valence-electron chi connectivity index (χ3n) is 8.38. The SMILES string of the molecule is Cc1cc(C2CC2)c(CN2CC[C@H](NC3CC(F)(F)C3)C[C@@H]2c2ccc(C(=O)O)cc2)c2cc[nH]c12. The summed E-state index contributed by atoms with van der Waals surface area (Å²) in [6.45, 7) is 3.85. The van der Waals surface area contributed by atoms with Crippen LogP contribution < -0.4 is 5.32 Å². The molecule has 2 saturated carbocycles. The van der Waals surface area contributed by atoms with Gasteiger partial charge in [-0.1, -0.05) is 18.2 Å². The lowest BCUT2D eigenvalue weighted by Crippen LogP contribution is -2.54. The number of carboxylic acids is 1. The van der Waals surface area contributed by atoms with Gasteiger partial charge in [-0.3, -0.25) is 4.90 Å². The van der Waals surface area contributed by atoms with Crippen molar-refractivity contribution in [1.82, 2.24) is 15.2 Å². The highest BCUT2D eigenvalue weighted by molar-refractivity contribution is 5.88. The van der Waals surface area contributed by atoms with E-state index in [9.17, 15) is 18.7 Å². The Bertz CT molecular complexity index is 1270. The number of halogens is 2. The molecule has 1 aromatic heterocycles. The number of hydrogen-bond acceptors (Lipinski definition) is 3. The van der Waals surface area contributed by atoms with Crippen LogP contribution in [0.1, 0.15) is 83.1 Å². The summed E-state index contributed by atoms with van der Waals surface area (Å²) in [6.07, 6.45) is 6.06. The predicted octanol–water partition coefficient (Wildman–Crippen LogP) is 6.14. The molecule has 3 aromatic rings. The fourth-order valence-electron chi connectivity index (χ4n) is 6.30. The van der Waals surface area contributed by atoms with E-state index in [0.29, 0.717) is 5.92 Å². The molecule has 36 heavy (non-hydrogen) atoms. The van der Waals surface area contributed by atoms with Crippen LogP contribution in [-0.4, -0.2) is 45.5 Å². The van der Waals surface area contributed by atoms with E-state index in [0.717, 1.165) is 31.5 Å². The zero-order valence-electron chi connectivity index (χ0n) is 20.6. The summed E-state index contributed by atoms with van der Waals surface area (Å²) in [5.74, 6) is -2.83. The number of aryl methyl sites for hydroxylation is 1. The Morgan fingerprint density at radius 3 is 2.56 bits per heavy atom. The fourth-order valence-corrected chi connectivity index (χ4v) is 6.30. The molecule has 0 spiro atoms. The zero-order chi connectivity index (χ0) is 25.0. The first kappa shape index (κ1) is 23.6. The molecule has 2 aliphatic carbocycles. The fraction of sp³-hybridized carbons (Fsp3) is 0.483. The minimum Gasteiger partial charge on any atom is -0.478 e. The highest BCUT2D eigenvalue weighted by atomic mass is 19.3. The zero-order valence-corrected chi connectivity index (χ0v) is 20.6. The number of H-pyrrole nitrogens is 1. The van der Waals surface area contributed by atoms with Crippen molar-refractivity contribution in [2.75, 3.05) is 6.54 Å². The van der Waals surface area contributed by atoms with Gasteiger partial charge in [-0.05, 0) is 79.0 Å². The van der Waals surface area contributed by atoms with Crippen molar-refractivity contribution in [3.8, 4) is 0 Å². The second-order valence-electron chi connectivity index (χ2n) is 11.1. The van der Waals surface area contributed by atoms with Crippen molar-refractivity contribution in [2.45, 2.75) is 82.0 Å². The van der Waals surface area contributed by atoms with Crippen LogP contribution in [0.4, 0.5) is 8.78 Å². The number of likely N-dealkylation sites (tertiary alicyclic amines) is 1. The molecule has 190 valence electrons. The number of alkyl halides is 2. The number of aromatic carboxylic acids is 1. The Hall–Kier alpha value is -2.77. The monoisotopic (exact) mass is 493 g/mol. The highest BCUT2D eigenvalue weighted by Gasteiger charge is 2.46. The Morgan fingerprint density at radius 2 is 1.89 bits per heavy atom. The van der Waals surface area contributed by atoms with E-state index in [2.05, 4.69) is 34.3 Å². The average molecular weight is 494 g/mol. The first-order valence-corrected chi connectivity index (χ1v) is 13.1. The normalized spacial score (nSPS) is 24.6. The molecule has 1 aliphatic heterocycles. The van der Waals surface area contributed by atoms with Crippen LogP contribution >= 0.6 is 0 Å². The summed E-state index contributed by atoms with van der Waals surface area (Å²) in [5.41, 5.74) is 6.67. The molecule has 0 bridgehead atoms. The maximum absolute atomic E-state index is 13.4. The number of rotatable bonds is 7. The van der Waals surface area contributed by atoms with Crippen LogP contribution in [0.15, 0.2) is 42.6 Å². The summed E-state index contributed by atoms with van der Waals surface area (Å²) in [5, 5.41) is 14.1. The first-order chi connectivity index (χ1) is 17.3. The summed E-state index contributed by atoms with van der Waals surface area (Å²) < 4.78 is 26.9. The number of piperidine rings is 1. The second kappa shape index (κ2) is 8.96. The van der Waals surface area contributed by atoms with E-state index in [4.69, 9.17) is 0 Å². The third-order valence-corrected chi connectivity index (χ3v) is 8.38. The van der Waals surface area contributed by atoms with Gasteiger partial charge in [-0.25, -0.2) is 13.6 Å². The molecule has 2 atom stereocenters. The lowest BCUT2D eigenvalue weighted by atomic mass is 9.85. The number of carbonyl (C=O) groups is 1. The van der Waals surface area contributed by atoms with E-state index < -0.39 is 11.9 Å². The summed E-state index contributed by atoms with van der Waals surface area (Å²) in [7, 11) is 0. The largest absolute Gasteiger partial charge is 0.478 e. The molecule has 5 nitrogen and oxygen atoms in total. The summed E-state index contributed by atoms with van der Waals surface area (Å²) in [4.78, 5) is 17.3. The van der Waals surface area contributed by atoms with Gasteiger partial charge in [0.05, 0.1) is 5.56 Å². The molecule has 3 aliphatic rings. The van der Waals surface area contributed by atoms with Crippen molar-refractivity contribution in [2.24, 2.45) is 0 Å². The molecule has 6 rings (SSSR count). The summed E-state index contributed by atoms with van der Waals surface area (Å²) in [6, 6.07) is 11.9. The van der Waals surface area contributed by atoms with Crippen molar-refractivity contribution < 1.29 is 18.7 Å². The van der Waals surface area contributed by atoms with Crippen molar-refractivity contribution in [3.63, 3.8) is 0 Å². The van der Waals surface area contributed by atoms with E-state index in [1.165, 1.54) is 40.4 Å². The van der Waals surface area contributed by atoms with Gasteiger partial charge in [-0.15, -0.1) is 0 Å². The smallest absolute Gasteiger partial charge is 0.335 e. The molecule has 3 fully saturated rings. The van der Waals surface area contributed by atoms with Gasteiger partial charge in [0.25, 0.3) is 5.92 Å². The predicted molar refractivity (Wildman–Crippen MR) is 136 cm³/mol. The van der Waals surface area contributed by atoms with E-state index in [1.807, 2.05) is 18.3 Å². The minimum absolute atomic E-state index is 0.0786. The van der Waals surface area contributed by atoms with Gasteiger partial charge in [0.1, 0.15) is 0 Å². The van der Waals surface area contributed by atoms with Crippen LogP contribution in [0.25, 0.3) is 10.9 Å². The van der Waals surface area contributed by atoms with E-state index in [-0.39, 0.29) is 36.5 Å². The van der Waals surface area contributed by atoms with E-state index >= 15 is 0 Å². The standard InChI is InChI=1S/C29H33F2N3O2/c1-17-12-24(18-2-3-18)25(23-8-10-32-27(17)23)16-34-11-9-21(33-22-14-29(30,31)15-22)13-26(34)19-4-6-20(7-5-19)28(35)36/h4-8,10,12,18,21-22,26,32-33H,2-3,9,11,13-16H2,1H3,(H,35,36)/t21-,26+/m0/s1. The topological polar surface area (TPSA) is 68.4 Å². The van der Waals surface area contributed by atoms with Crippen LogP contribution in [0.5, 0.6) is 0 Å².